The molecule has 0 radical (unpaired) electrons. The van der Waals surface area contributed by atoms with E-state index < -0.39 is 0 Å². The number of nitrogens with zero attached hydrogens (tertiary/aromatic N) is 4. The van der Waals surface area contributed by atoms with E-state index in [4.69, 9.17) is 4.98 Å². The first-order valence-corrected chi connectivity index (χ1v) is 14.6. The quantitative estimate of drug-likeness (QED) is 0.375. The molecule has 1 N–H and O–H groups in total. The van der Waals surface area contributed by atoms with Gasteiger partial charge in [-0.15, -0.1) is 22.7 Å². The molecule has 4 aromatic rings. The van der Waals surface area contributed by atoms with Crippen molar-refractivity contribution in [3.05, 3.63) is 63.5 Å². The maximum absolute atomic E-state index is 14.1. The highest BCUT2D eigenvalue weighted by Gasteiger charge is 2.48. The predicted molar refractivity (Wildman–Crippen MR) is 147 cm³/mol. The van der Waals surface area contributed by atoms with Crippen LogP contribution in [0.25, 0.3) is 15.4 Å². The highest BCUT2D eigenvalue weighted by atomic mass is 32.1. The van der Waals surface area contributed by atoms with Crippen molar-refractivity contribution in [2.75, 3.05) is 13.1 Å². The lowest BCUT2D eigenvalue weighted by molar-refractivity contribution is 0.0692. The summed E-state index contributed by atoms with van der Waals surface area (Å²) in [6.07, 6.45) is 4.08. The van der Waals surface area contributed by atoms with Crippen LogP contribution in [0.3, 0.4) is 0 Å². The van der Waals surface area contributed by atoms with Gasteiger partial charge in [0.2, 0.25) is 0 Å². The predicted octanol–water partition coefficient (Wildman–Crippen LogP) is 5.36. The molecule has 9 heteroatoms. The van der Waals surface area contributed by atoms with Crippen LogP contribution in [0, 0.1) is 38.5 Å². The lowest BCUT2D eigenvalue weighted by atomic mass is 9.93. The number of aryl methyl sites for hydroxylation is 3. The molecule has 0 bridgehead atoms. The molecule has 2 aliphatic rings. The fourth-order valence-electron chi connectivity index (χ4n) is 6.30. The van der Waals surface area contributed by atoms with Crippen molar-refractivity contribution in [2.45, 2.75) is 46.6 Å². The summed E-state index contributed by atoms with van der Waals surface area (Å²) in [5.74, 6) is 1.31. The first-order valence-electron chi connectivity index (χ1n) is 12.9. The molecule has 2 fully saturated rings. The summed E-state index contributed by atoms with van der Waals surface area (Å²) in [7, 11) is 0. The Hall–Kier alpha value is -3.04. The molecular weight excluding hydrogens is 502 g/mol. The monoisotopic (exact) mass is 533 g/mol. The van der Waals surface area contributed by atoms with E-state index in [2.05, 4.69) is 48.4 Å². The zero-order valence-corrected chi connectivity index (χ0v) is 23.2. The van der Waals surface area contributed by atoms with Crippen LogP contribution in [0.1, 0.15) is 57.0 Å². The molecule has 1 aliphatic heterocycles. The van der Waals surface area contributed by atoms with Gasteiger partial charge in [-0.05, 0) is 56.9 Å². The third kappa shape index (κ3) is 4.28. The number of likely N-dealkylation sites (tertiary alicyclic amines) is 1. The molecule has 1 saturated carbocycles. The number of nitrogens with one attached hydrogen (secondary N) is 1. The van der Waals surface area contributed by atoms with Crippen molar-refractivity contribution in [1.29, 1.82) is 0 Å². The number of rotatable bonds is 5. The molecule has 7 nitrogen and oxygen atoms in total. The van der Waals surface area contributed by atoms with E-state index in [1.807, 2.05) is 34.7 Å². The maximum Gasteiger partial charge on any atom is 0.274 e. The third-order valence-electron chi connectivity index (χ3n) is 7.95. The third-order valence-corrected chi connectivity index (χ3v) is 9.72. The van der Waals surface area contributed by atoms with Crippen LogP contribution in [-0.4, -0.2) is 50.2 Å². The van der Waals surface area contributed by atoms with Crippen molar-refractivity contribution in [3.63, 3.8) is 0 Å². The molecule has 1 saturated heterocycles. The largest absolute Gasteiger partial charge is 0.349 e. The summed E-state index contributed by atoms with van der Waals surface area (Å²) in [6.45, 7) is 9.33. The van der Waals surface area contributed by atoms with Crippen molar-refractivity contribution in [2.24, 2.45) is 17.8 Å². The SMILES string of the molecule is Cc1ccc(-c2sc(C)nc2C(=O)N2C[C@@H]3CC(C)C[C@@H]3[C@H]2CNC(=O)c2c(C)nc3sccn23)cc1. The van der Waals surface area contributed by atoms with Crippen molar-refractivity contribution < 1.29 is 9.59 Å². The number of carbonyl (C=O) groups is 2. The van der Waals surface area contributed by atoms with E-state index in [0.717, 1.165) is 45.5 Å². The van der Waals surface area contributed by atoms with Crippen LogP contribution in [-0.2, 0) is 0 Å². The minimum Gasteiger partial charge on any atom is -0.349 e. The second-order valence-electron chi connectivity index (χ2n) is 10.6. The molecule has 1 aliphatic carbocycles. The van der Waals surface area contributed by atoms with Crippen LogP contribution in [0.4, 0.5) is 0 Å². The Morgan fingerprint density at radius 1 is 1.11 bits per heavy atom. The number of hydrogen-bond acceptors (Lipinski definition) is 6. The molecule has 4 heterocycles. The first-order chi connectivity index (χ1) is 17.8. The summed E-state index contributed by atoms with van der Waals surface area (Å²) in [4.78, 5) is 40.3. The molecule has 1 aromatic carbocycles. The number of imidazole rings is 1. The summed E-state index contributed by atoms with van der Waals surface area (Å²) < 4.78 is 1.85. The minimum atomic E-state index is -0.143. The van der Waals surface area contributed by atoms with Crippen molar-refractivity contribution in [3.8, 4) is 10.4 Å². The van der Waals surface area contributed by atoms with Crippen LogP contribution in [0.5, 0.6) is 0 Å². The van der Waals surface area contributed by atoms with E-state index in [0.29, 0.717) is 35.7 Å². The second-order valence-corrected chi connectivity index (χ2v) is 12.7. The van der Waals surface area contributed by atoms with Crippen molar-refractivity contribution in [1.82, 2.24) is 24.6 Å². The number of carbonyl (C=O) groups excluding carboxylic acids is 2. The summed E-state index contributed by atoms with van der Waals surface area (Å²) in [5, 5.41) is 5.98. The van der Waals surface area contributed by atoms with Gasteiger partial charge in [-0.2, -0.15) is 0 Å². The van der Waals surface area contributed by atoms with Gasteiger partial charge in [-0.25, -0.2) is 9.97 Å². The minimum absolute atomic E-state index is 0.0259. The van der Waals surface area contributed by atoms with Gasteiger partial charge < -0.3 is 10.2 Å². The van der Waals surface area contributed by atoms with E-state index in [-0.39, 0.29) is 17.9 Å². The first kappa shape index (κ1) is 24.3. The number of thiazole rings is 2. The van der Waals surface area contributed by atoms with E-state index in [9.17, 15) is 9.59 Å². The normalized spacial score (nSPS) is 23.1. The van der Waals surface area contributed by atoms with Crippen LogP contribution in [0.15, 0.2) is 35.8 Å². The van der Waals surface area contributed by atoms with E-state index in [1.54, 1.807) is 11.3 Å². The number of hydrogen-bond donors (Lipinski definition) is 1. The van der Waals surface area contributed by atoms with Gasteiger partial charge in [-0.1, -0.05) is 36.8 Å². The molecule has 37 heavy (non-hydrogen) atoms. The Balaban J connectivity index is 1.28. The molecule has 3 aromatic heterocycles. The van der Waals surface area contributed by atoms with Gasteiger partial charge in [0.1, 0.15) is 11.4 Å². The van der Waals surface area contributed by atoms with Crippen LogP contribution in [0.2, 0.25) is 0 Å². The fourth-order valence-corrected chi connectivity index (χ4v) is 7.97. The van der Waals surface area contributed by atoms with Gasteiger partial charge in [0, 0.05) is 24.7 Å². The van der Waals surface area contributed by atoms with Gasteiger partial charge in [-0.3, -0.25) is 14.0 Å². The molecule has 192 valence electrons. The Kier molecular flexibility index (Phi) is 6.15. The number of aromatic nitrogens is 3. The van der Waals surface area contributed by atoms with Crippen LogP contribution >= 0.6 is 22.7 Å². The van der Waals surface area contributed by atoms with Gasteiger partial charge in [0.25, 0.3) is 11.8 Å². The zero-order valence-electron chi connectivity index (χ0n) is 21.5. The lowest BCUT2D eigenvalue weighted by Gasteiger charge is -2.28. The van der Waals surface area contributed by atoms with Gasteiger partial charge in [0.15, 0.2) is 4.96 Å². The summed E-state index contributed by atoms with van der Waals surface area (Å²) in [6, 6.07) is 8.22. The Labute approximate surface area is 224 Å². The van der Waals surface area contributed by atoms with Gasteiger partial charge >= 0.3 is 0 Å². The smallest absolute Gasteiger partial charge is 0.274 e. The highest BCUT2D eigenvalue weighted by molar-refractivity contribution is 7.15. The lowest BCUT2D eigenvalue weighted by Crippen LogP contribution is -2.46. The maximum atomic E-state index is 14.1. The summed E-state index contributed by atoms with van der Waals surface area (Å²) in [5.41, 5.74) is 4.02. The summed E-state index contributed by atoms with van der Waals surface area (Å²) >= 11 is 3.08. The molecule has 4 atom stereocenters. The van der Waals surface area contributed by atoms with E-state index >= 15 is 0 Å². The molecule has 0 spiro atoms. The van der Waals surface area contributed by atoms with Crippen molar-refractivity contribution >= 4 is 39.4 Å². The molecular formula is C28H31N5O2S2. The molecule has 2 amide bonds. The highest BCUT2D eigenvalue weighted by Crippen LogP contribution is 2.46. The van der Waals surface area contributed by atoms with Crippen LogP contribution < -0.4 is 5.32 Å². The molecule has 6 rings (SSSR count). The topological polar surface area (TPSA) is 79.6 Å². The average molecular weight is 534 g/mol. The fraction of sp³-hybridized carbons (Fsp3) is 0.429. The Bertz CT molecular complexity index is 1480. The number of benzene rings is 1. The number of fused-ring (bicyclic) bond motifs is 2. The van der Waals surface area contributed by atoms with E-state index in [1.165, 1.54) is 16.9 Å². The van der Waals surface area contributed by atoms with Gasteiger partial charge in [0.05, 0.1) is 21.6 Å². The standard InChI is InChI=1S/C28H31N5O2S2/c1-15-5-7-19(8-6-15)25-23(31-18(4)37-25)27(35)33-14-20-11-16(2)12-21(20)22(33)13-29-26(34)24-17(3)30-28-32(24)9-10-36-28/h5-10,16,20-22H,11-14H2,1-4H3,(H,29,34)/t16?,20-,21-,22+/m0/s1. The molecule has 1 unspecified atom stereocenters. The number of amides is 2. The second kappa shape index (κ2) is 9.36. The average Bonchev–Trinajstić information content (AvgIpc) is 3.65. The Morgan fingerprint density at radius 3 is 2.68 bits per heavy atom. The zero-order chi connectivity index (χ0) is 25.8. The Morgan fingerprint density at radius 2 is 1.89 bits per heavy atom.